The lowest BCUT2D eigenvalue weighted by atomic mass is 10.1. The zero-order chi connectivity index (χ0) is 14.7. The number of carbonyl (C=O) groups excluding carboxylic acids is 2. The fourth-order valence-corrected chi connectivity index (χ4v) is 2.15. The van der Waals surface area contributed by atoms with E-state index in [2.05, 4.69) is 10.6 Å². The molecule has 7 heteroatoms. The van der Waals surface area contributed by atoms with Crippen molar-refractivity contribution in [3.05, 3.63) is 33.9 Å². The minimum absolute atomic E-state index is 0.0132. The van der Waals surface area contributed by atoms with Gasteiger partial charge in [-0.15, -0.1) is 0 Å². The van der Waals surface area contributed by atoms with E-state index in [1.165, 1.54) is 6.07 Å². The van der Waals surface area contributed by atoms with Crippen LogP contribution in [-0.4, -0.2) is 22.8 Å². The van der Waals surface area contributed by atoms with Crippen LogP contribution in [0, 0.1) is 10.1 Å². The Bertz CT molecular complexity index is 571. The number of anilines is 1. The van der Waals surface area contributed by atoms with E-state index < -0.39 is 11.0 Å². The number of amides is 2. The third-order valence-corrected chi connectivity index (χ3v) is 3.24. The van der Waals surface area contributed by atoms with E-state index in [1.54, 1.807) is 12.1 Å². The van der Waals surface area contributed by atoms with Crippen molar-refractivity contribution in [2.75, 3.05) is 5.32 Å². The number of nitrogens with zero attached hydrogens (tertiary/aromatic N) is 1. The maximum Gasteiger partial charge on any atom is 0.274 e. The fourth-order valence-electron chi connectivity index (χ4n) is 2.15. The van der Waals surface area contributed by atoms with Gasteiger partial charge in [0.2, 0.25) is 11.8 Å². The van der Waals surface area contributed by atoms with Crippen LogP contribution < -0.4 is 10.6 Å². The molecular formula is C13H15N3O4. The molecule has 0 radical (unpaired) electrons. The number of rotatable bonds is 4. The summed E-state index contributed by atoms with van der Waals surface area (Å²) in [6.07, 6.45) is 1.32. The number of nitrogens with one attached hydrogen (secondary N) is 2. The van der Waals surface area contributed by atoms with Crippen molar-refractivity contribution in [1.82, 2.24) is 5.32 Å². The maximum atomic E-state index is 11.9. The normalized spacial score (nSPS) is 17.6. The van der Waals surface area contributed by atoms with E-state index in [0.29, 0.717) is 30.5 Å². The van der Waals surface area contributed by atoms with Gasteiger partial charge >= 0.3 is 0 Å². The molecule has 1 saturated heterocycles. The largest absolute Gasteiger partial charge is 0.344 e. The van der Waals surface area contributed by atoms with Gasteiger partial charge in [-0.1, -0.05) is 13.0 Å². The molecule has 1 unspecified atom stereocenters. The Balaban J connectivity index is 2.13. The highest BCUT2D eigenvalue weighted by Gasteiger charge is 2.27. The standard InChI is InChI=1S/C13H15N3O4/c1-2-8-3-4-9(7-11(8)16(19)20)14-13(18)10-5-6-12(17)15-10/h3-4,7,10H,2,5-6H2,1H3,(H,14,18)(H,15,17). The van der Waals surface area contributed by atoms with Crippen LogP contribution in [-0.2, 0) is 16.0 Å². The van der Waals surface area contributed by atoms with Crippen molar-refractivity contribution >= 4 is 23.2 Å². The van der Waals surface area contributed by atoms with Gasteiger partial charge in [0.05, 0.1) is 4.92 Å². The molecule has 0 aromatic heterocycles. The third-order valence-electron chi connectivity index (χ3n) is 3.24. The molecule has 1 aromatic rings. The van der Waals surface area contributed by atoms with Gasteiger partial charge in [-0.05, 0) is 18.9 Å². The highest BCUT2D eigenvalue weighted by molar-refractivity contribution is 5.99. The van der Waals surface area contributed by atoms with Gasteiger partial charge in [0.1, 0.15) is 6.04 Å². The molecule has 2 rings (SSSR count). The number of nitro benzene ring substituents is 1. The van der Waals surface area contributed by atoms with Gasteiger partial charge in [0, 0.05) is 23.7 Å². The molecule has 106 valence electrons. The monoisotopic (exact) mass is 277 g/mol. The van der Waals surface area contributed by atoms with E-state index in [-0.39, 0.29) is 17.5 Å². The minimum atomic E-state index is -0.563. The van der Waals surface area contributed by atoms with E-state index in [4.69, 9.17) is 0 Å². The Kier molecular flexibility index (Phi) is 3.97. The van der Waals surface area contributed by atoms with Gasteiger partial charge in [-0.2, -0.15) is 0 Å². The van der Waals surface area contributed by atoms with Crippen LogP contribution in [0.25, 0.3) is 0 Å². The second-order valence-electron chi connectivity index (χ2n) is 4.60. The molecular weight excluding hydrogens is 262 g/mol. The molecule has 1 aliphatic heterocycles. The predicted molar refractivity (Wildman–Crippen MR) is 72.3 cm³/mol. The molecule has 1 aromatic carbocycles. The molecule has 0 spiro atoms. The van der Waals surface area contributed by atoms with E-state index in [1.807, 2.05) is 6.92 Å². The third kappa shape index (κ3) is 2.93. The molecule has 2 N–H and O–H groups in total. The quantitative estimate of drug-likeness (QED) is 0.641. The average molecular weight is 277 g/mol. The molecule has 1 aliphatic rings. The first kappa shape index (κ1) is 14.0. The number of hydrogen-bond donors (Lipinski definition) is 2. The topological polar surface area (TPSA) is 101 Å². The summed E-state index contributed by atoms with van der Waals surface area (Å²) in [7, 11) is 0. The van der Waals surface area contributed by atoms with Crippen molar-refractivity contribution in [1.29, 1.82) is 0 Å². The molecule has 20 heavy (non-hydrogen) atoms. The van der Waals surface area contributed by atoms with E-state index in [9.17, 15) is 19.7 Å². The smallest absolute Gasteiger partial charge is 0.274 e. The number of nitro groups is 1. The minimum Gasteiger partial charge on any atom is -0.344 e. The summed E-state index contributed by atoms with van der Waals surface area (Å²) in [5, 5.41) is 16.1. The number of carbonyl (C=O) groups is 2. The van der Waals surface area contributed by atoms with Gasteiger partial charge in [0.25, 0.3) is 5.69 Å². The van der Waals surface area contributed by atoms with Gasteiger partial charge in [0.15, 0.2) is 0 Å². The Morgan fingerprint density at radius 1 is 1.55 bits per heavy atom. The molecule has 0 saturated carbocycles. The lowest BCUT2D eigenvalue weighted by Gasteiger charge is -2.11. The highest BCUT2D eigenvalue weighted by Crippen LogP contribution is 2.24. The molecule has 0 bridgehead atoms. The van der Waals surface area contributed by atoms with Gasteiger partial charge in [-0.3, -0.25) is 19.7 Å². The number of aryl methyl sites for hydroxylation is 1. The Morgan fingerprint density at radius 3 is 2.85 bits per heavy atom. The van der Waals surface area contributed by atoms with Crippen LogP contribution in [0.3, 0.4) is 0 Å². The van der Waals surface area contributed by atoms with Crippen molar-refractivity contribution in [2.24, 2.45) is 0 Å². The Hall–Kier alpha value is -2.44. The summed E-state index contributed by atoms with van der Waals surface area (Å²) >= 11 is 0. The SMILES string of the molecule is CCc1ccc(NC(=O)C2CCC(=O)N2)cc1[N+](=O)[O-]. The predicted octanol–water partition coefficient (Wildman–Crippen LogP) is 1.37. The van der Waals surface area contributed by atoms with Crippen molar-refractivity contribution in [3.63, 3.8) is 0 Å². The second-order valence-corrected chi connectivity index (χ2v) is 4.60. The summed E-state index contributed by atoms with van der Waals surface area (Å²) in [6, 6.07) is 4.03. The Labute approximate surface area is 115 Å². The summed E-state index contributed by atoms with van der Waals surface area (Å²) in [5.41, 5.74) is 0.961. The Morgan fingerprint density at radius 2 is 2.30 bits per heavy atom. The van der Waals surface area contributed by atoms with Crippen molar-refractivity contribution < 1.29 is 14.5 Å². The average Bonchev–Trinajstić information content (AvgIpc) is 2.85. The van der Waals surface area contributed by atoms with Crippen molar-refractivity contribution in [3.8, 4) is 0 Å². The molecule has 1 fully saturated rings. The van der Waals surface area contributed by atoms with Crippen LogP contribution in [0.4, 0.5) is 11.4 Å². The fraction of sp³-hybridized carbons (Fsp3) is 0.385. The lowest BCUT2D eigenvalue weighted by Crippen LogP contribution is -2.37. The van der Waals surface area contributed by atoms with Crippen molar-refractivity contribution in [2.45, 2.75) is 32.2 Å². The lowest BCUT2D eigenvalue weighted by molar-refractivity contribution is -0.385. The first-order valence-corrected chi connectivity index (χ1v) is 6.38. The zero-order valence-corrected chi connectivity index (χ0v) is 11.0. The second kappa shape index (κ2) is 5.68. The van der Waals surface area contributed by atoms with Crippen LogP contribution in [0.15, 0.2) is 18.2 Å². The first-order chi connectivity index (χ1) is 9.51. The van der Waals surface area contributed by atoms with Gasteiger partial charge in [-0.25, -0.2) is 0 Å². The highest BCUT2D eigenvalue weighted by atomic mass is 16.6. The first-order valence-electron chi connectivity index (χ1n) is 6.38. The van der Waals surface area contributed by atoms with Gasteiger partial charge < -0.3 is 10.6 Å². The molecule has 2 amide bonds. The van der Waals surface area contributed by atoms with Crippen LogP contribution in [0.1, 0.15) is 25.3 Å². The molecule has 7 nitrogen and oxygen atoms in total. The maximum absolute atomic E-state index is 11.9. The van der Waals surface area contributed by atoms with E-state index in [0.717, 1.165) is 0 Å². The number of hydrogen-bond acceptors (Lipinski definition) is 4. The zero-order valence-electron chi connectivity index (χ0n) is 11.0. The van der Waals surface area contributed by atoms with E-state index >= 15 is 0 Å². The number of benzene rings is 1. The molecule has 1 atom stereocenters. The van der Waals surface area contributed by atoms with Crippen LogP contribution in [0.5, 0.6) is 0 Å². The molecule has 1 heterocycles. The summed E-state index contributed by atoms with van der Waals surface area (Å²) < 4.78 is 0. The summed E-state index contributed by atoms with van der Waals surface area (Å²) in [6.45, 7) is 1.83. The summed E-state index contributed by atoms with van der Waals surface area (Å²) in [5.74, 6) is -0.508. The summed E-state index contributed by atoms with van der Waals surface area (Å²) in [4.78, 5) is 33.4. The van der Waals surface area contributed by atoms with Crippen LogP contribution in [0.2, 0.25) is 0 Å². The molecule has 0 aliphatic carbocycles. The van der Waals surface area contributed by atoms with Crippen LogP contribution >= 0.6 is 0 Å².